The molecule has 1 fully saturated rings. The zero-order chi connectivity index (χ0) is 18.7. The second-order valence-electron chi connectivity index (χ2n) is 6.89. The zero-order valence-corrected chi connectivity index (χ0v) is 15.1. The summed E-state index contributed by atoms with van der Waals surface area (Å²) >= 11 is 0. The van der Waals surface area contributed by atoms with Crippen LogP contribution in [0.1, 0.15) is 26.2 Å². The lowest BCUT2D eigenvalue weighted by atomic mass is 9.82. The number of carbonyl (C=O) groups is 2. The van der Waals surface area contributed by atoms with Crippen molar-refractivity contribution in [2.24, 2.45) is 23.7 Å². The first-order valence-corrected chi connectivity index (χ1v) is 9.08. The smallest absolute Gasteiger partial charge is 0.307 e. The van der Waals surface area contributed by atoms with E-state index in [9.17, 15) is 14.7 Å². The number of benzene rings is 1. The third-order valence-electron chi connectivity index (χ3n) is 5.25. The summed E-state index contributed by atoms with van der Waals surface area (Å²) in [5.41, 5.74) is 0.515. The van der Waals surface area contributed by atoms with Crippen LogP contribution >= 0.6 is 0 Å². The Morgan fingerprint density at radius 2 is 1.96 bits per heavy atom. The van der Waals surface area contributed by atoms with Crippen molar-refractivity contribution in [1.29, 1.82) is 0 Å². The van der Waals surface area contributed by atoms with Crippen molar-refractivity contribution in [2.45, 2.75) is 26.2 Å². The number of hydrogen-bond donors (Lipinski definition) is 2. The molecule has 1 aromatic carbocycles. The average molecular weight is 359 g/mol. The lowest BCUT2D eigenvalue weighted by molar-refractivity contribution is -0.146. The molecule has 0 radical (unpaired) electrons. The van der Waals surface area contributed by atoms with Crippen molar-refractivity contribution in [2.75, 3.05) is 19.0 Å². The van der Waals surface area contributed by atoms with Gasteiger partial charge in [-0.05, 0) is 36.8 Å². The van der Waals surface area contributed by atoms with Crippen LogP contribution in [0.5, 0.6) is 11.5 Å². The summed E-state index contributed by atoms with van der Waals surface area (Å²) in [5, 5.41) is 12.4. The maximum atomic E-state index is 12.9. The Labute approximate surface area is 153 Å². The number of methoxy groups -OCH3 is 1. The molecule has 0 heterocycles. The molecule has 1 amide bonds. The molecule has 2 bridgehead atoms. The number of fused-ring (bicyclic) bond motifs is 2. The lowest BCUT2D eigenvalue weighted by Crippen LogP contribution is -2.36. The average Bonchev–Trinajstić information content (AvgIpc) is 3.24. The first-order valence-electron chi connectivity index (χ1n) is 9.08. The van der Waals surface area contributed by atoms with E-state index in [2.05, 4.69) is 12.2 Å². The van der Waals surface area contributed by atoms with E-state index in [0.717, 1.165) is 19.3 Å². The predicted molar refractivity (Wildman–Crippen MR) is 97.4 cm³/mol. The Kier molecular flexibility index (Phi) is 5.49. The second kappa shape index (κ2) is 7.81. The standard InChI is InChI=1S/C20H25NO5/c1-3-4-9-26-16-8-7-14(25-2)11-15(16)21-19(22)17-12-5-6-13(10-12)18(17)20(23)24/h5-8,11-13,17-18H,3-4,9-10H2,1-2H3,(H,21,22)(H,23,24)/t12-,13-,17+,18+/m0/s1. The number of ether oxygens (including phenoxy) is 2. The van der Waals surface area contributed by atoms with Crippen molar-refractivity contribution < 1.29 is 24.2 Å². The van der Waals surface area contributed by atoms with Crippen LogP contribution in [0.25, 0.3) is 0 Å². The summed E-state index contributed by atoms with van der Waals surface area (Å²) in [4.78, 5) is 24.5. The summed E-state index contributed by atoms with van der Waals surface area (Å²) < 4.78 is 11.0. The van der Waals surface area contributed by atoms with Gasteiger partial charge in [-0.2, -0.15) is 0 Å². The highest BCUT2D eigenvalue weighted by atomic mass is 16.5. The number of unbranched alkanes of at least 4 members (excludes halogenated alkanes) is 1. The zero-order valence-electron chi connectivity index (χ0n) is 15.1. The summed E-state index contributed by atoms with van der Waals surface area (Å²) in [6.45, 7) is 2.63. The summed E-state index contributed by atoms with van der Waals surface area (Å²) in [7, 11) is 1.56. The molecule has 3 rings (SSSR count). The predicted octanol–water partition coefficient (Wildman–Crippen LogP) is 3.34. The molecule has 26 heavy (non-hydrogen) atoms. The van der Waals surface area contributed by atoms with E-state index in [4.69, 9.17) is 9.47 Å². The van der Waals surface area contributed by atoms with Gasteiger partial charge in [-0.3, -0.25) is 9.59 Å². The molecule has 2 aliphatic carbocycles. The van der Waals surface area contributed by atoms with E-state index in [-0.39, 0.29) is 17.7 Å². The molecule has 6 nitrogen and oxygen atoms in total. The van der Waals surface area contributed by atoms with Crippen molar-refractivity contribution in [3.05, 3.63) is 30.4 Å². The summed E-state index contributed by atoms with van der Waals surface area (Å²) in [6.07, 6.45) is 6.55. The van der Waals surface area contributed by atoms with Gasteiger partial charge in [0.2, 0.25) is 5.91 Å². The van der Waals surface area contributed by atoms with Crippen LogP contribution < -0.4 is 14.8 Å². The van der Waals surface area contributed by atoms with Crippen LogP contribution in [0.4, 0.5) is 5.69 Å². The van der Waals surface area contributed by atoms with Crippen LogP contribution in [0, 0.1) is 23.7 Å². The van der Waals surface area contributed by atoms with Gasteiger partial charge in [0.25, 0.3) is 0 Å². The minimum absolute atomic E-state index is 0.0174. The number of carboxylic acid groups (broad SMARTS) is 1. The lowest BCUT2D eigenvalue weighted by Gasteiger charge is -2.24. The number of amides is 1. The molecule has 4 atom stereocenters. The molecule has 2 N–H and O–H groups in total. The number of rotatable bonds is 8. The Balaban J connectivity index is 1.79. The number of anilines is 1. The van der Waals surface area contributed by atoms with Gasteiger partial charge in [0.1, 0.15) is 11.5 Å². The van der Waals surface area contributed by atoms with Gasteiger partial charge < -0.3 is 19.9 Å². The molecular formula is C20H25NO5. The highest BCUT2D eigenvalue weighted by molar-refractivity contribution is 5.97. The van der Waals surface area contributed by atoms with Crippen LogP contribution in [-0.2, 0) is 9.59 Å². The van der Waals surface area contributed by atoms with Gasteiger partial charge in [0, 0.05) is 6.07 Å². The highest BCUT2D eigenvalue weighted by Gasteiger charge is 2.51. The number of carbonyl (C=O) groups excluding carboxylic acids is 1. The molecular weight excluding hydrogens is 334 g/mol. The van der Waals surface area contributed by atoms with Crippen LogP contribution in [0.3, 0.4) is 0 Å². The van der Waals surface area contributed by atoms with E-state index >= 15 is 0 Å². The SMILES string of the molecule is CCCCOc1ccc(OC)cc1NC(=O)[C@H]1[C@H](C(=O)O)[C@H]2C=C[C@H]1C2. The Morgan fingerprint density at radius 1 is 1.23 bits per heavy atom. The molecule has 0 aromatic heterocycles. The van der Waals surface area contributed by atoms with Gasteiger partial charge in [0.05, 0.1) is 31.2 Å². The Morgan fingerprint density at radius 3 is 2.62 bits per heavy atom. The van der Waals surface area contributed by atoms with Crippen molar-refractivity contribution in [3.8, 4) is 11.5 Å². The highest BCUT2D eigenvalue weighted by Crippen LogP contribution is 2.48. The fraction of sp³-hybridized carbons (Fsp3) is 0.500. The van der Waals surface area contributed by atoms with E-state index in [1.807, 2.05) is 12.2 Å². The van der Waals surface area contributed by atoms with Crippen molar-refractivity contribution in [1.82, 2.24) is 0 Å². The van der Waals surface area contributed by atoms with Crippen LogP contribution in [0.15, 0.2) is 30.4 Å². The first kappa shape index (κ1) is 18.3. The number of nitrogens with one attached hydrogen (secondary N) is 1. The quantitative estimate of drug-likeness (QED) is 0.549. The third-order valence-corrected chi connectivity index (χ3v) is 5.25. The summed E-state index contributed by atoms with van der Waals surface area (Å²) in [5.74, 6) is -1.31. The van der Waals surface area contributed by atoms with Crippen molar-refractivity contribution >= 4 is 17.6 Å². The minimum Gasteiger partial charge on any atom is -0.497 e. The van der Waals surface area contributed by atoms with E-state index < -0.39 is 17.8 Å². The van der Waals surface area contributed by atoms with Crippen LogP contribution in [-0.4, -0.2) is 30.7 Å². The monoisotopic (exact) mass is 359 g/mol. The van der Waals surface area contributed by atoms with Crippen LogP contribution in [0.2, 0.25) is 0 Å². The van der Waals surface area contributed by atoms with Gasteiger partial charge in [-0.1, -0.05) is 25.5 Å². The molecule has 1 saturated carbocycles. The van der Waals surface area contributed by atoms with E-state index in [1.165, 1.54) is 0 Å². The molecule has 0 saturated heterocycles. The fourth-order valence-corrected chi connectivity index (χ4v) is 3.92. The maximum Gasteiger partial charge on any atom is 0.307 e. The third kappa shape index (κ3) is 3.54. The van der Waals surface area contributed by atoms with E-state index in [1.54, 1.807) is 25.3 Å². The molecule has 0 spiro atoms. The van der Waals surface area contributed by atoms with Gasteiger partial charge >= 0.3 is 5.97 Å². The topological polar surface area (TPSA) is 84.9 Å². The van der Waals surface area contributed by atoms with Gasteiger partial charge in [0.15, 0.2) is 0 Å². The molecule has 0 unspecified atom stereocenters. The number of aliphatic carboxylic acids is 1. The first-order chi connectivity index (χ1) is 12.5. The Bertz CT molecular complexity index is 714. The number of hydrogen-bond acceptors (Lipinski definition) is 4. The van der Waals surface area contributed by atoms with Crippen molar-refractivity contribution in [3.63, 3.8) is 0 Å². The number of allylic oxidation sites excluding steroid dienone is 2. The van der Waals surface area contributed by atoms with E-state index in [0.29, 0.717) is 23.8 Å². The normalized spacial score (nSPS) is 25.9. The molecule has 0 aliphatic heterocycles. The maximum absolute atomic E-state index is 12.9. The van der Waals surface area contributed by atoms with Gasteiger partial charge in [-0.15, -0.1) is 0 Å². The number of carboxylic acids is 1. The molecule has 2 aliphatic rings. The van der Waals surface area contributed by atoms with Gasteiger partial charge in [-0.25, -0.2) is 0 Å². The fourth-order valence-electron chi connectivity index (χ4n) is 3.92. The molecule has 6 heteroatoms. The summed E-state index contributed by atoms with van der Waals surface area (Å²) in [6, 6.07) is 5.24. The Hall–Kier alpha value is -2.50. The largest absolute Gasteiger partial charge is 0.497 e. The molecule has 1 aromatic rings. The molecule has 140 valence electrons. The second-order valence-corrected chi connectivity index (χ2v) is 6.89. The minimum atomic E-state index is -0.910.